The Hall–Kier alpha value is -5.32. The van der Waals surface area contributed by atoms with Gasteiger partial charge >= 0.3 is 0 Å². The number of fused-ring (bicyclic) bond motifs is 2. The second-order valence-corrected chi connectivity index (χ2v) is 14.6. The van der Waals surface area contributed by atoms with Crippen molar-refractivity contribution in [1.29, 1.82) is 0 Å². The third-order valence-electron chi connectivity index (χ3n) is 7.85. The van der Waals surface area contributed by atoms with Gasteiger partial charge in [-0.25, -0.2) is 0 Å². The highest BCUT2D eigenvalue weighted by Gasteiger charge is 2.39. The van der Waals surface area contributed by atoms with Crippen LogP contribution in [-0.2, 0) is 20.0 Å². The molecule has 1 heterocycles. The van der Waals surface area contributed by atoms with Crippen molar-refractivity contribution in [3.05, 3.63) is 156 Å². The van der Waals surface area contributed by atoms with Crippen LogP contribution in [0.25, 0.3) is 21.5 Å². The Morgan fingerprint density at radius 3 is 1.15 bits per heavy atom. The molecule has 0 saturated carbocycles. The first-order chi connectivity index (χ1) is 22.1. The lowest BCUT2D eigenvalue weighted by atomic mass is 10.1. The van der Waals surface area contributed by atoms with Crippen LogP contribution in [0.5, 0.6) is 0 Å². The van der Waals surface area contributed by atoms with Crippen LogP contribution in [0, 0.1) is 13.8 Å². The molecule has 0 unspecified atom stereocenters. The van der Waals surface area contributed by atoms with Gasteiger partial charge in [0.1, 0.15) is 0 Å². The molecule has 46 heavy (non-hydrogen) atoms. The minimum atomic E-state index is -4.38. The first kappa shape index (κ1) is 29.4. The van der Waals surface area contributed by atoms with Gasteiger partial charge in [-0.3, -0.25) is 0 Å². The molecule has 10 heteroatoms. The zero-order chi connectivity index (χ0) is 32.1. The van der Waals surface area contributed by atoms with E-state index in [1.165, 1.54) is 12.1 Å². The summed E-state index contributed by atoms with van der Waals surface area (Å²) in [6, 6.07) is 38.6. The fraction of sp³-hybridized carbons (Fsp3) is 0.0556. The number of rotatable bonds is 6. The Kier molecular flexibility index (Phi) is 7.18. The number of nitrogens with zero attached hydrogens (tertiary/aromatic N) is 4. The van der Waals surface area contributed by atoms with Gasteiger partial charge in [-0.2, -0.15) is 16.8 Å². The number of amidine groups is 2. The zero-order valence-corrected chi connectivity index (χ0v) is 26.6. The minimum absolute atomic E-state index is 0.0103. The van der Waals surface area contributed by atoms with Gasteiger partial charge in [-0.15, -0.1) is 19.0 Å². The van der Waals surface area contributed by atoms with Crippen molar-refractivity contribution >= 4 is 53.3 Å². The largest absolute Gasteiger partial charge is 0.285 e. The quantitative estimate of drug-likeness (QED) is 0.194. The van der Waals surface area contributed by atoms with E-state index in [4.69, 9.17) is 0 Å². The lowest BCUT2D eigenvalue weighted by Crippen LogP contribution is -2.45. The summed E-state index contributed by atoms with van der Waals surface area (Å²) in [5, 5.41) is 12.4. The van der Waals surface area contributed by atoms with Crippen molar-refractivity contribution in [3.8, 4) is 0 Å². The molecule has 0 N–H and O–H groups in total. The fourth-order valence-electron chi connectivity index (χ4n) is 5.28. The van der Waals surface area contributed by atoms with Crippen LogP contribution in [0.1, 0.15) is 22.3 Å². The van der Waals surface area contributed by atoms with Gasteiger partial charge in [0.15, 0.2) is 11.7 Å². The van der Waals surface area contributed by atoms with E-state index in [-0.39, 0.29) is 21.5 Å². The Balaban J connectivity index is 1.46. The highest BCUT2D eigenvalue weighted by atomic mass is 32.2. The number of sulfonamides is 2. The second kappa shape index (κ2) is 11.2. The van der Waals surface area contributed by atoms with E-state index in [1.54, 1.807) is 72.8 Å². The summed E-state index contributed by atoms with van der Waals surface area (Å²) in [5.41, 5.74) is 2.63. The molecule has 8 nitrogen and oxygen atoms in total. The molecular formula is C36H28N4O4S2. The Morgan fingerprint density at radius 2 is 0.783 bits per heavy atom. The van der Waals surface area contributed by atoms with E-state index in [1.807, 2.05) is 62.4 Å². The predicted molar refractivity (Wildman–Crippen MR) is 181 cm³/mol. The number of hydrogen-bond acceptors (Lipinski definition) is 6. The number of aryl methyl sites for hydroxylation is 2. The maximum absolute atomic E-state index is 14.5. The van der Waals surface area contributed by atoms with Crippen molar-refractivity contribution in [2.45, 2.75) is 23.6 Å². The van der Waals surface area contributed by atoms with Crippen LogP contribution in [0.2, 0.25) is 0 Å². The van der Waals surface area contributed by atoms with Crippen molar-refractivity contribution in [1.82, 2.24) is 8.83 Å². The molecular weight excluding hydrogens is 617 g/mol. The van der Waals surface area contributed by atoms with E-state index in [9.17, 15) is 16.8 Å². The summed E-state index contributed by atoms with van der Waals surface area (Å²) in [6.07, 6.45) is 0. The molecule has 0 saturated heterocycles. The van der Waals surface area contributed by atoms with Gasteiger partial charge in [0, 0.05) is 11.1 Å². The van der Waals surface area contributed by atoms with Gasteiger partial charge in [0.2, 0.25) is 0 Å². The Labute approximate surface area is 267 Å². The number of hydrogen-bond donors (Lipinski definition) is 0. The van der Waals surface area contributed by atoms with Gasteiger partial charge in [0.25, 0.3) is 20.0 Å². The van der Waals surface area contributed by atoms with Crippen LogP contribution in [0.15, 0.2) is 153 Å². The summed E-state index contributed by atoms with van der Waals surface area (Å²) in [7, 11) is -8.76. The van der Waals surface area contributed by atoms with Gasteiger partial charge in [0.05, 0.1) is 9.79 Å². The SMILES string of the molecule is Cc1ccc(C2=NN(S(=O)(=O)c3ccc4ccccc4c3)C(c3ccc(C)cc3)=NN2S(=O)(=O)c2ccc3ccccc3c2)cc1. The van der Waals surface area contributed by atoms with Crippen LogP contribution in [0.4, 0.5) is 0 Å². The first-order valence-corrected chi connectivity index (χ1v) is 17.4. The highest BCUT2D eigenvalue weighted by Crippen LogP contribution is 2.31. The molecule has 0 spiro atoms. The maximum Gasteiger partial charge on any atom is 0.285 e. The molecule has 228 valence electrons. The van der Waals surface area contributed by atoms with Gasteiger partial charge in [-0.05, 0) is 59.7 Å². The maximum atomic E-state index is 14.5. The molecule has 1 aliphatic heterocycles. The van der Waals surface area contributed by atoms with E-state index in [2.05, 4.69) is 10.2 Å². The third-order valence-corrected chi connectivity index (χ3v) is 11.0. The molecule has 6 aromatic carbocycles. The zero-order valence-electron chi connectivity index (χ0n) is 24.9. The van der Waals surface area contributed by atoms with Crippen molar-refractivity contribution in [2.75, 3.05) is 0 Å². The van der Waals surface area contributed by atoms with E-state index >= 15 is 0 Å². The minimum Gasteiger partial charge on any atom is -0.199 e. The summed E-state index contributed by atoms with van der Waals surface area (Å²) in [6.45, 7) is 3.81. The molecule has 6 aromatic rings. The molecule has 7 rings (SSSR count). The average molecular weight is 645 g/mol. The Morgan fingerprint density at radius 1 is 0.435 bits per heavy atom. The monoisotopic (exact) mass is 644 g/mol. The molecule has 0 atom stereocenters. The lowest BCUT2D eigenvalue weighted by molar-refractivity contribution is 0.488. The van der Waals surface area contributed by atoms with E-state index < -0.39 is 20.0 Å². The molecule has 0 aromatic heterocycles. The van der Waals surface area contributed by atoms with Crippen LogP contribution in [0.3, 0.4) is 0 Å². The van der Waals surface area contributed by atoms with Crippen molar-refractivity contribution < 1.29 is 16.8 Å². The molecule has 0 fully saturated rings. The van der Waals surface area contributed by atoms with Crippen LogP contribution >= 0.6 is 0 Å². The molecule has 1 aliphatic rings. The second-order valence-electron chi connectivity index (χ2n) is 11.1. The average Bonchev–Trinajstić information content (AvgIpc) is 3.08. The van der Waals surface area contributed by atoms with Crippen LogP contribution < -0.4 is 0 Å². The van der Waals surface area contributed by atoms with E-state index in [0.29, 0.717) is 11.1 Å². The van der Waals surface area contributed by atoms with Crippen molar-refractivity contribution in [2.24, 2.45) is 10.2 Å². The summed E-state index contributed by atoms with van der Waals surface area (Å²) < 4.78 is 59.5. The topological polar surface area (TPSA) is 99.5 Å². The third kappa shape index (κ3) is 5.21. The fourth-order valence-corrected chi connectivity index (χ4v) is 7.82. The number of hydrazone groups is 2. The molecule has 0 amide bonds. The smallest absolute Gasteiger partial charge is 0.199 e. The van der Waals surface area contributed by atoms with Crippen molar-refractivity contribution in [3.63, 3.8) is 0 Å². The molecule has 0 aliphatic carbocycles. The first-order valence-electron chi connectivity index (χ1n) is 14.5. The lowest BCUT2D eigenvalue weighted by Gasteiger charge is -2.31. The Bertz CT molecular complexity index is 2250. The molecule has 0 radical (unpaired) electrons. The van der Waals surface area contributed by atoms with Crippen LogP contribution in [-0.4, -0.2) is 37.3 Å². The van der Waals surface area contributed by atoms with Gasteiger partial charge < -0.3 is 0 Å². The molecule has 0 bridgehead atoms. The van der Waals surface area contributed by atoms with Gasteiger partial charge in [-0.1, -0.05) is 120 Å². The van der Waals surface area contributed by atoms with E-state index in [0.717, 1.165) is 41.5 Å². The highest BCUT2D eigenvalue weighted by molar-refractivity contribution is 7.90. The predicted octanol–water partition coefficient (Wildman–Crippen LogP) is 7.03. The summed E-state index contributed by atoms with van der Waals surface area (Å²) in [4.78, 5) is -0.0206. The number of benzene rings is 6. The summed E-state index contributed by atoms with van der Waals surface area (Å²) in [5.74, 6) is -0.318. The normalized spacial score (nSPS) is 14.0. The summed E-state index contributed by atoms with van der Waals surface area (Å²) >= 11 is 0. The standard InChI is InChI=1S/C36H28N4O4S2/c1-25-11-15-29(16-12-25)35-37-40(46(43,44)34-22-20-28-8-4-6-10-32(28)24-34)36(30-17-13-26(2)14-18-30)38-39(35)45(41,42)33-21-19-27-7-3-5-9-31(27)23-33/h3-24H,1-2H3.